The van der Waals surface area contributed by atoms with Crippen LogP contribution in [0.4, 0.5) is 14.5 Å². The molecule has 2 heterocycles. The first-order valence-corrected chi connectivity index (χ1v) is 8.56. The summed E-state index contributed by atoms with van der Waals surface area (Å²) in [6.45, 7) is 0.188. The fourth-order valence-corrected chi connectivity index (χ4v) is 3.45. The van der Waals surface area contributed by atoms with E-state index in [1.54, 1.807) is 6.07 Å². The second-order valence-corrected chi connectivity index (χ2v) is 7.18. The van der Waals surface area contributed by atoms with Crippen molar-refractivity contribution < 1.29 is 18.7 Å². The number of alkyl halides is 2. The number of hydroxylamine groups is 2. The highest BCUT2D eigenvalue weighted by Gasteiger charge is 2.54. The number of aliphatic imine (C=N–C) groups is 1. The minimum Gasteiger partial charge on any atom is -0.359 e. The van der Waals surface area contributed by atoms with Crippen LogP contribution in [0.25, 0.3) is 0 Å². The Kier molecular flexibility index (Phi) is 4.11. The van der Waals surface area contributed by atoms with E-state index < -0.39 is 12.0 Å². The molecule has 3 aliphatic rings. The van der Waals surface area contributed by atoms with Crippen molar-refractivity contribution in [1.82, 2.24) is 5.06 Å². The molecule has 1 aromatic rings. The molecule has 4 rings (SSSR count). The third-order valence-electron chi connectivity index (χ3n) is 4.52. The van der Waals surface area contributed by atoms with Gasteiger partial charge in [-0.15, -0.1) is 0 Å². The molecule has 1 N–H and O–H groups in total. The first-order valence-electron chi connectivity index (χ1n) is 7.80. The number of fused-ring (bicyclic) bond motifs is 2. The fraction of sp³-hybridized carbons (Fsp3) is 0.353. The molecule has 1 fully saturated rings. The molecule has 0 radical (unpaired) electrons. The van der Waals surface area contributed by atoms with Gasteiger partial charge < -0.3 is 4.74 Å². The van der Waals surface area contributed by atoms with Crippen molar-refractivity contribution in [1.29, 1.82) is 0 Å². The zero-order chi connectivity index (χ0) is 17.8. The summed E-state index contributed by atoms with van der Waals surface area (Å²) < 4.78 is 34.7. The van der Waals surface area contributed by atoms with E-state index in [9.17, 15) is 14.0 Å². The van der Waals surface area contributed by atoms with E-state index in [1.165, 1.54) is 24.4 Å². The summed E-state index contributed by atoms with van der Waals surface area (Å²) in [5, 5.41) is 11.2. The van der Waals surface area contributed by atoms with E-state index in [-0.39, 0.29) is 40.2 Å². The summed E-state index contributed by atoms with van der Waals surface area (Å²) in [6.07, 6.45) is 1.55. The molecule has 0 amide bonds. The zero-order valence-electron chi connectivity index (χ0n) is 12.9. The molecule has 8 heteroatoms. The quantitative estimate of drug-likeness (QED) is 0.793. The standard InChI is InChI=1S/C17H14Cl2F2N2O2/c18-10-3-4-14-12(5-10)17(16(20)21,25-8-9-1-2-9)13-6-11(19)7-23(24)15(13)22-14/h3-7,9,16,24H,1-2,8H2. The molecular formula is C17H14Cl2F2N2O2. The van der Waals surface area contributed by atoms with E-state index in [1.807, 2.05) is 0 Å². The highest BCUT2D eigenvalue weighted by Crippen LogP contribution is 2.51. The minimum atomic E-state index is -2.91. The number of ether oxygens (including phenoxy) is 1. The maximum Gasteiger partial charge on any atom is 0.275 e. The van der Waals surface area contributed by atoms with Crippen molar-refractivity contribution in [3.63, 3.8) is 0 Å². The normalized spacial score (nSPS) is 25.2. The zero-order valence-corrected chi connectivity index (χ0v) is 14.4. The number of hydrogen-bond acceptors (Lipinski definition) is 4. The average molecular weight is 387 g/mol. The van der Waals surface area contributed by atoms with Crippen molar-refractivity contribution in [2.75, 3.05) is 6.61 Å². The summed E-state index contributed by atoms with van der Waals surface area (Å²) in [4.78, 5) is 4.29. The van der Waals surface area contributed by atoms with Gasteiger partial charge in [0.15, 0.2) is 11.4 Å². The Morgan fingerprint density at radius 2 is 2.12 bits per heavy atom. The Balaban J connectivity index is 1.95. The number of amidine groups is 1. The van der Waals surface area contributed by atoms with Gasteiger partial charge in [0.1, 0.15) is 0 Å². The second kappa shape index (κ2) is 6.06. The Morgan fingerprint density at radius 3 is 2.80 bits per heavy atom. The molecule has 4 nitrogen and oxygen atoms in total. The summed E-state index contributed by atoms with van der Waals surface area (Å²) in [5.74, 6) is 0.233. The van der Waals surface area contributed by atoms with Crippen LogP contribution in [0, 0.1) is 5.92 Å². The molecule has 1 aliphatic carbocycles. The fourth-order valence-electron chi connectivity index (χ4n) is 3.08. The van der Waals surface area contributed by atoms with Crippen LogP contribution in [0.2, 0.25) is 5.02 Å². The lowest BCUT2D eigenvalue weighted by Gasteiger charge is -2.41. The third kappa shape index (κ3) is 2.77. The largest absolute Gasteiger partial charge is 0.359 e. The van der Waals surface area contributed by atoms with E-state index in [4.69, 9.17) is 27.9 Å². The number of nitrogens with zero attached hydrogens (tertiary/aromatic N) is 2. The molecule has 25 heavy (non-hydrogen) atoms. The Bertz CT molecular complexity index is 821. The minimum absolute atomic E-state index is 0.0212. The van der Waals surface area contributed by atoms with E-state index >= 15 is 0 Å². The molecule has 1 aromatic carbocycles. The highest BCUT2D eigenvalue weighted by molar-refractivity contribution is 6.32. The lowest BCUT2D eigenvalue weighted by Crippen LogP contribution is -2.48. The third-order valence-corrected chi connectivity index (χ3v) is 4.96. The Hall–Kier alpha value is -1.47. The van der Waals surface area contributed by atoms with Gasteiger partial charge in [0.25, 0.3) is 6.43 Å². The van der Waals surface area contributed by atoms with Crippen LogP contribution in [0.5, 0.6) is 0 Å². The van der Waals surface area contributed by atoms with Crippen molar-refractivity contribution in [3.8, 4) is 0 Å². The van der Waals surface area contributed by atoms with Crippen LogP contribution in [-0.2, 0) is 10.3 Å². The molecule has 2 aliphatic heterocycles. The van der Waals surface area contributed by atoms with Crippen LogP contribution >= 0.6 is 23.2 Å². The number of rotatable bonds is 4. The molecule has 1 atom stereocenters. The number of allylic oxidation sites excluding steroid dienone is 2. The van der Waals surface area contributed by atoms with Gasteiger partial charge in [0, 0.05) is 16.2 Å². The van der Waals surface area contributed by atoms with E-state index in [0.29, 0.717) is 10.1 Å². The molecule has 1 saturated carbocycles. The summed E-state index contributed by atoms with van der Waals surface area (Å²) in [6, 6.07) is 4.53. The molecule has 132 valence electrons. The van der Waals surface area contributed by atoms with Crippen LogP contribution < -0.4 is 0 Å². The van der Waals surface area contributed by atoms with Crippen molar-refractivity contribution in [2.45, 2.75) is 24.9 Å². The first kappa shape index (κ1) is 17.0. The van der Waals surface area contributed by atoms with Gasteiger partial charge in [-0.3, -0.25) is 5.21 Å². The van der Waals surface area contributed by atoms with Gasteiger partial charge in [0.2, 0.25) is 0 Å². The summed E-state index contributed by atoms with van der Waals surface area (Å²) in [5.41, 5.74) is -1.62. The van der Waals surface area contributed by atoms with Crippen LogP contribution in [-0.4, -0.2) is 29.1 Å². The van der Waals surface area contributed by atoms with Gasteiger partial charge in [0.05, 0.1) is 23.5 Å². The molecule has 0 spiro atoms. The van der Waals surface area contributed by atoms with Crippen molar-refractivity contribution >= 4 is 34.7 Å². The monoisotopic (exact) mass is 386 g/mol. The van der Waals surface area contributed by atoms with E-state index in [0.717, 1.165) is 12.8 Å². The van der Waals surface area contributed by atoms with Gasteiger partial charge in [-0.05, 0) is 43.0 Å². The van der Waals surface area contributed by atoms with Gasteiger partial charge in [-0.25, -0.2) is 18.8 Å². The number of benzene rings is 1. The first-order chi connectivity index (χ1) is 11.9. The second-order valence-electron chi connectivity index (χ2n) is 6.30. The molecular weight excluding hydrogens is 373 g/mol. The summed E-state index contributed by atoms with van der Waals surface area (Å²) in [7, 11) is 0. The SMILES string of the molecule is ON1C=C(Cl)C=C2C1=Nc1ccc(Cl)cc1C2(OCC1CC1)C(F)F. The number of halogens is 4. The lowest BCUT2D eigenvalue weighted by molar-refractivity contribution is -0.125. The van der Waals surface area contributed by atoms with Gasteiger partial charge >= 0.3 is 0 Å². The van der Waals surface area contributed by atoms with Crippen molar-refractivity contribution in [2.24, 2.45) is 10.9 Å². The topological polar surface area (TPSA) is 45.1 Å². The van der Waals surface area contributed by atoms with Gasteiger partial charge in [-0.2, -0.15) is 0 Å². The highest BCUT2D eigenvalue weighted by atomic mass is 35.5. The van der Waals surface area contributed by atoms with Crippen LogP contribution in [0.15, 0.2) is 46.1 Å². The maximum absolute atomic E-state index is 14.5. The average Bonchev–Trinajstić information content (AvgIpc) is 3.36. The van der Waals surface area contributed by atoms with Crippen LogP contribution in [0.1, 0.15) is 18.4 Å². The number of hydrogen-bond donors (Lipinski definition) is 1. The molecule has 1 unspecified atom stereocenters. The van der Waals surface area contributed by atoms with E-state index in [2.05, 4.69) is 4.99 Å². The molecule has 0 saturated heterocycles. The summed E-state index contributed by atoms with van der Waals surface area (Å²) >= 11 is 12.0. The molecule has 0 aromatic heterocycles. The smallest absolute Gasteiger partial charge is 0.275 e. The Morgan fingerprint density at radius 1 is 1.36 bits per heavy atom. The Labute approximate surface area is 153 Å². The van der Waals surface area contributed by atoms with Gasteiger partial charge in [-0.1, -0.05) is 23.2 Å². The predicted octanol–water partition coefficient (Wildman–Crippen LogP) is 4.98. The predicted molar refractivity (Wildman–Crippen MR) is 90.5 cm³/mol. The van der Waals surface area contributed by atoms with Crippen LogP contribution in [0.3, 0.4) is 0 Å². The molecule has 0 bridgehead atoms. The van der Waals surface area contributed by atoms with Crippen molar-refractivity contribution in [3.05, 3.63) is 51.7 Å². The maximum atomic E-state index is 14.5. The lowest BCUT2D eigenvalue weighted by atomic mass is 9.81.